The van der Waals surface area contributed by atoms with E-state index in [1.807, 2.05) is 35.4 Å². The molecule has 0 aliphatic heterocycles. The summed E-state index contributed by atoms with van der Waals surface area (Å²) in [5, 5.41) is 14.2. The fraction of sp³-hybridized carbons (Fsp3) is 0.182. The van der Waals surface area contributed by atoms with Crippen LogP contribution >= 0.6 is 0 Å². The fourth-order valence-corrected chi connectivity index (χ4v) is 12.4. The number of carbonyl (C=O) groups excluding carboxylic acids is 2. The molecule has 36 heavy (non-hydrogen) atoms. The number of benzene rings is 2. The Kier molecular flexibility index (Phi) is 7.28. The molecule has 0 saturated heterocycles. The predicted octanol–water partition coefficient (Wildman–Crippen LogP) is 2.55. The average Bonchev–Trinajstić information content (AvgIpc) is 3.32. The second-order valence-electron chi connectivity index (χ2n) is 7.59. The third-order valence-electron chi connectivity index (χ3n) is 5.69. The Morgan fingerprint density at radius 3 is 1.50 bits per heavy atom. The topological polar surface area (TPSA) is 166 Å². The third-order valence-corrected chi connectivity index (χ3v) is 12.9. The number of hydrogen-bond donors (Lipinski definition) is 2. The van der Waals surface area contributed by atoms with E-state index in [-0.39, 0.29) is 38.1 Å². The molecular formula is C22H20N10O2Se2. The van der Waals surface area contributed by atoms with Crippen LogP contribution in [0.1, 0.15) is 20.7 Å². The molecule has 0 unspecified atom stereocenters. The molecule has 4 rings (SSSR count). The Hall–Kier alpha value is -3.88. The first-order chi connectivity index (χ1) is 17.4. The molecule has 12 nitrogen and oxygen atoms in total. The third kappa shape index (κ3) is 4.29. The van der Waals surface area contributed by atoms with E-state index in [4.69, 9.17) is 11.1 Å². The zero-order valence-corrected chi connectivity index (χ0v) is 23.1. The molecule has 0 aliphatic carbocycles. The van der Waals surface area contributed by atoms with Crippen molar-refractivity contribution in [2.45, 2.75) is 0 Å². The number of nitrogens with zero attached hydrogens (tertiary/aromatic N) is 8. The second kappa shape index (κ2) is 10.4. The molecule has 0 saturated carbocycles. The predicted molar refractivity (Wildman–Crippen MR) is 141 cm³/mol. The van der Waals surface area contributed by atoms with E-state index >= 15 is 0 Å². The van der Waals surface area contributed by atoms with Gasteiger partial charge in [-0.2, -0.15) is 0 Å². The Bertz CT molecular complexity index is 1520. The van der Waals surface area contributed by atoms with Crippen LogP contribution in [0.4, 0.5) is 11.4 Å². The molecule has 0 radical (unpaired) electrons. The summed E-state index contributed by atoms with van der Waals surface area (Å²) in [6.45, 7) is 0. The molecule has 2 heterocycles. The Labute approximate surface area is 216 Å². The molecule has 0 aliphatic rings. The van der Waals surface area contributed by atoms with Crippen LogP contribution in [0.5, 0.6) is 0 Å². The summed E-state index contributed by atoms with van der Waals surface area (Å²) >= 11 is -0.389. The maximum atomic E-state index is 13.0. The van der Waals surface area contributed by atoms with E-state index in [9.17, 15) is 9.59 Å². The van der Waals surface area contributed by atoms with Crippen LogP contribution in [0.3, 0.4) is 0 Å². The molecule has 2 amide bonds. The summed E-state index contributed by atoms with van der Waals surface area (Å²) in [6, 6.07) is 10.5. The number of hydrogen-bond acceptors (Lipinski definition) is 4. The first-order valence-electron chi connectivity index (χ1n) is 10.5. The van der Waals surface area contributed by atoms with E-state index in [1.54, 1.807) is 38.4 Å². The Morgan fingerprint density at radius 2 is 1.17 bits per heavy atom. The standard InChI is InChI=1S/C22H20N10O2Se2/c1-25-19(33)17-13-9-11(27-29-23)5-7-15(13)31(3)21(17)35-36-22-18(20(34)26-2)14-10-12(28-30-24)6-8-16(14)32(22)4/h5-10H,1-4H3,(H,25,33)(H,26,34). The van der Waals surface area contributed by atoms with Gasteiger partial charge in [-0.3, -0.25) is 0 Å². The van der Waals surface area contributed by atoms with Crippen molar-refractivity contribution in [2.75, 3.05) is 14.1 Å². The molecule has 0 atom stereocenters. The Morgan fingerprint density at radius 1 is 0.778 bits per heavy atom. The summed E-state index contributed by atoms with van der Waals surface area (Å²) in [4.78, 5) is 31.6. The summed E-state index contributed by atoms with van der Waals surface area (Å²) < 4.78 is 5.73. The quantitative estimate of drug-likeness (QED) is 0.142. The van der Waals surface area contributed by atoms with E-state index in [0.717, 1.165) is 20.2 Å². The molecule has 182 valence electrons. The second-order valence-corrected chi connectivity index (χ2v) is 13.5. The fourth-order valence-electron chi connectivity index (χ4n) is 4.01. The monoisotopic (exact) mass is 616 g/mol. The number of carbonyl (C=O) groups is 2. The maximum absolute atomic E-state index is 13.0. The van der Waals surface area contributed by atoms with Crippen LogP contribution in [0, 0.1) is 0 Å². The average molecular weight is 614 g/mol. The van der Waals surface area contributed by atoms with Gasteiger partial charge in [0.05, 0.1) is 0 Å². The summed E-state index contributed by atoms with van der Waals surface area (Å²) in [7, 11) is 6.97. The molecule has 14 heteroatoms. The molecule has 4 aromatic rings. The van der Waals surface area contributed by atoms with Crippen molar-refractivity contribution in [3.8, 4) is 0 Å². The Balaban J connectivity index is 1.87. The summed E-state index contributed by atoms with van der Waals surface area (Å²) in [5.41, 5.74) is 21.3. The number of aromatic nitrogens is 2. The van der Waals surface area contributed by atoms with Gasteiger partial charge in [-0.1, -0.05) is 0 Å². The van der Waals surface area contributed by atoms with Crippen LogP contribution in [-0.4, -0.2) is 61.3 Å². The summed E-state index contributed by atoms with van der Waals surface area (Å²) in [6.07, 6.45) is 0. The first kappa shape index (κ1) is 25.2. The molecule has 0 spiro atoms. The number of rotatable bonds is 7. The van der Waals surface area contributed by atoms with E-state index in [2.05, 4.69) is 30.7 Å². The van der Waals surface area contributed by atoms with Gasteiger partial charge in [0.15, 0.2) is 0 Å². The van der Waals surface area contributed by atoms with Crippen LogP contribution in [0.2, 0.25) is 0 Å². The zero-order valence-electron chi connectivity index (χ0n) is 19.7. The minimum atomic E-state index is -0.228. The number of aryl methyl sites for hydroxylation is 2. The van der Waals surface area contributed by atoms with Crippen LogP contribution < -0.4 is 19.8 Å². The first-order valence-corrected chi connectivity index (χ1v) is 16.5. The van der Waals surface area contributed by atoms with E-state index in [1.165, 1.54) is 0 Å². The number of azide groups is 2. The molecule has 0 bridgehead atoms. The van der Waals surface area contributed by atoms with Gasteiger partial charge in [0.25, 0.3) is 0 Å². The van der Waals surface area contributed by atoms with Crippen molar-refractivity contribution in [3.05, 3.63) is 68.4 Å². The van der Waals surface area contributed by atoms with Crippen molar-refractivity contribution in [1.82, 2.24) is 19.8 Å². The van der Waals surface area contributed by atoms with E-state index < -0.39 is 0 Å². The van der Waals surface area contributed by atoms with Crippen molar-refractivity contribution in [2.24, 2.45) is 24.3 Å². The molecule has 2 aromatic heterocycles. The van der Waals surface area contributed by atoms with Gasteiger partial charge >= 0.3 is 217 Å². The van der Waals surface area contributed by atoms with Crippen molar-refractivity contribution < 1.29 is 9.59 Å². The summed E-state index contributed by atoms with van der Waals surface area (Å²) in [5.74, 6) is -0.456. The number of nitrogens with one attached hydrogen (secondary N) is 2. The molecule has 2 N–H and O–H groups in total. The van der Waals surface area contributed by atoms with E-state index in [0.29, 0.717) is 33.3 Å². The van der Waals surface area contributed by atoms with Gasteiger partial charge in [0.1, 0.15) is 0 Å². The van der Waals surface area contributed by atoms with Gasteiger partial charge in [-0.25, -0.2) is 0 Å². The van der Waals surface area contributed by atoms with Crippen LogP contribution in [0.25, 0.3) is 42.7 Å². The molecular weight excluding hydrogens is 594 g/mol. The van der Waals surface area contributed by atoms with Crippen molar-refractivity contribution in [3.63, 3.8) is 0 Å². The number of fused-ring (bicyclic) bond motifs is 2. The minimum absolute atomic E-state index is 0.195. The van der Waals surface area contributed by atoms with Gasteiger partial charge in [0, 0.05) is 0 Å². The van der Waals surface area contributed by atoms with Gasteiger partial charge in [-0.05, 0) is 0 Å². The normalized spacial score (nSPS) is 10.7. The number of amides is 2. The zero-order chi connectivity index (χ0) is 26.0. The van der Waals surface area contributed by atoms with Crippen molar-refractivity contribution in [1.29, 1.82) is 0 Å². The van der Waals surface area contributed by atoms with Gasteiger partial charge < -0.3 is 0 Å². The van der Waals surface area contributed by atoms with Gasteiger partial charge in [-0.15, -0.1) is 0 Å². The molecule has 0 fully saturated rings. The SMILES string of the molecule is CNC(=O)c1c([Se][Se]c2c(C(=O)NC)c3cc(N=[N+]=[N-])ccc3n2C)n(C)c2ccc(N=[N+]=[N-])cc12. The van der Waals surface area contributed by atoms with Crippen LogP contribution in [-0.2, 0) is 14.1 Å². The van der Waals surface area contributed by atoms with Crippen molar-refractivity contribution >= 4 is 80.4 Å². The molecule has 2 aromatic carbocycles. The van der Waals surface area contributed by atoms with Gasteiger partial charge in [0.2, 0.25) is 0 Å². The van der Waals surface area contributed by atoms with Crippen LogP contribution in [0.15, 0.2) is 46.6 Å².